The fourth-order valence-corrected chi connectivity index (χ4v) is 3.73. The number of rotatable bonds is 7. The molecule has 0 N–H and O–H groups in total. The summed E-state index contributed by atoms with van der Waals surface area (Å²) in [6, 6.07) is 18.6. The lowest BCUT2D eigenvalue weighted by Crippen LogP contribution is -2.34. The molecule has 0 unspecified atom stereocenters. The van der Waals surface area contributed by atoms with E-state index in [2.05, 4.69) is 39.2 Å². The Labute approximate surface area is 185 Å². The third kappa shape index (κ3) is 6.06. The van der Waals surface area contributed by atoms with Crippen LogP contribution in [0.2, 0.25) is 0 Å². The molecule has 2 aromatic carbocycles. The topological polar surface area (TPSA) is 25.2 Å². The molecule has 4 heteroatoms. The lowest BCUT2D eigenvalue weighted by atomic mass is 9.86. The Balaban J connectivity index is 1.81. The second-order valence-electron chi connectivity index (χ2n) is 9.66. The first-order valence-corrected chi connectivity index (χ1v) is 10.9. The Morgan fingerprint density at radius 1 is 1.03 bits per heavy atom. The second-order valence-corrected chi connectivity index (χ2v) is 9.66. The van der Waals surface area contributed by atoms with Crippen molar-refractivity contribution in [2.24, 2.45) is 5.92 Å². The largest absolute Gasteiger partial charge is 0.345 e. The average Bonchev–Trinajstić information content (AvgIpc) is 3.12. The summed E-state index contributed by atoms with van der Waals surface area (Å²) in [5.74, 6) is 0.151. The van der Waals surface area contributed by atoms with Crippen molar-refractivity contribution < 1.29 is 9.18 Å². The zero-order valence-electron chi connectivity index (χ0n) is 19.2. The fraction of sp³-hybridized carbons (Fsp3) is 0.370. The number of hydrogen-bond acceptors (Lipinski definition) is 1. The van der Waals surface area contributed by atoms with Crippen molar-refractivity contribution in [3.63, 3.8) is 0 Å². The van der Waals surface area contributed by atoms with Crippen molar-refractivity contribution in [3.05, 3.63) is 95.1 Å². The van der Waals surface area contributed by atoms with Gasteiger partial charge in [-0.3, -0.25) is 4.79 Å². The number of benzene rings is 2. The number of carbonyl (C=O) groups is 1. The molecule has 0 spiro atoms. The van der Waals surface area contributed by atoms with E-state index in [9.17, 15) is 9.18 Å². The van der Waals surface area contributed by atoms with Gasteiger partial charge in [0.05, 0.1) is 6.54 Å². The van der Waals surface area contributed by atoms with Crippen LogP contribution in [0.1, 0.15) is 61.8 Å². The maximum Gasteiger partial charge on any atom is 0.254 e. The Bertz CT molecular complexity index is 1010. The lowest BCUT2D eigenvalue weighted by Gasteiger charge is -2.26. The Hall–Kier alpha value is -2.88. The summed E-state index contributed by atoms with van der Waals surface area (Å²) in [6.07, 6.45) is 1.98. The standard InChI is InChI=1S/C27H33FN2O/c1-20(2)17-30(26(31)22-11-13-23(14-12-22)27(3,4)5)19-25-10-7-15-29(25)18-21-8-6-9-24(28)16-21/h6-16,20H,17-19H2,1-5H3. The van der Waals surface area contributed by atoms with E-state index in [1.807, 2.05) is 53.6 Å². The molecule has 3 nitrogen and oxygen atoms in total. The average molecular weight is 421 g/mol. The van der Waals surface area contributed by atoms with Crippen molar-refractivity contribution in [2.75, 3.05) is 6.54 Å². The van der Waals surface area contributed by atoms with Crippen LogP contribution < -0.4 is 0 Å². The first kappa shape index (κ1) is 22.8. The van der Waals surface area contributed by atoms with Gasteiger partial charge in [0.15, 0.2) is 0 Å². The third-order valence-electron chi connectivity index (χ3n) is 5.39. The van der Waals surface area contributed by atoms with Crippen molar-refractivity contribution in [1.29, 1.82) is 0 Å². The van der Waals surface area contributed by atoms with E-state index < -0.39 is 0 Å². The Morgan fingerprint density at radius 3 is 2.35 bits per heavy atom. The van der Waals surface area contributed by atoms with Crippen LogP contribution in [0.25, 0.3) is 0 Å². The highest BCUT2D eigenvalue weighted by atomic mass is 19.1. The first-order valence-electron chi connectivity index (χ1n) is 10.9. The van der Waals surface area contributed by atoms with E-state index in [0.29, 0.717) is 31.1 Å². The molecule has 164 valence electrons. The zero-order valence-corrected chi connectivity index (χ0v) is 19.2. The highest BCUT2D eigenvalue weighted by Gasteiger charge is 2.20. The van der Waals surface area contributed by atoms with Gasteiger partial charge in [-0.2, -0.15) is 0 Å². The van der Waals surface area contributed by atoms with Crippen LogP contribution in [0.4, 0.5) is 4.39 Å². The Morgan fingerprint density at radius 2 is 1.74 bits per heavy atom. The second kappa shape index (κ2) is 9.51. The molecule has 0 saturated carbocycles. The van der Waals surface area contributed by atoms with Crippen LogP contribution >= 0.6 is 0 Å². The molecule has 0 atom stereocenters. The predicted molar refractivity (Wildman–Crippen MR) is 125 cm³/mol. The molecule has 1 amide bonds. The van der Waals surface area contributed by atoms with Crippen LogP contribution in [-0.2, 0) is 18.5 Å². The molecule has 0 aliphatic carbocycles. The zero-order chi connectivity index (χ0) is 22.6. The van der Waals surface area contributed by atoms with Gasteiger partial charge in [0.1, 0.15) is 5.82 Å². The number of carbonyl (C=O) groups excluding carboxylic acids is 1. The molecule has 0 aliphatic rings. The maximum atomic E-state index is 13.6. The molecule has 3 rings (SSSR count). The van der Waals surface area contributed by atoms with Crippen LogP contribution in [0.5, 0.6) is 0 Å². The number of hydrogen-bond donors (Lipinski definition) is 0. The smallest absolute Gasteiger partial charge is 0.254 e. The fourth-order valence-electron chi connectivity index (χ4n) is 3.73. The number of aromatic nitrogens is 1. The molecule has 1 aromatic heterocycles. The van der Waals surface area contributed by atoms with Crippen molar-refractivity contribution in [3.8, 4) is 0 Å². The monoisotopic (exact) mass is 420 g/mol. The highest BCUT2D eigenvalue weighted by molar-refractivity contribution is 5.94. The third-order valence-corrected chi connectivity index (χ3v) is 5.39. The minimum atomic E-state index is -0.235. The highest BCUT2D eigenvalue weighted by Crippen LogP contribution is 2.23. The summed E-state index contributed by atoms with van der Waals surface area (Å²) in [7, 11) is 0. The Kier molecular flexibility index (Phi) is 6.99. The molecule has 0 fully saturated rings. The van der Waals surface area contributed by atoms with Crippen LogP contribution in [0.15, 0.2) is 66.9 Å². The summed E-state index contributed by atoms with van der Waals surface area (Å²) in [6.45, 7) is 12.5. The lowest BCUT2D eigenvalue weighted by molar-refractivity contribution is 0.0718. The summed E-state index contributed by atoms with van der Waals surface area (Å²) in [5.41, 5.74) is 3.90. The van der Waals surface area contributed by atoms with Gasteiger partial charge in [-0.25, -0.2) is 4.39 Å². The van der Waals surface area contributed by atoms with Crippen LogP contribution in [-0.4, -0.2) is 21.9 Å². The van der Waals surface area contributed by atoms with Gasteiger partial charge in [-0.1, -0.05) is 58.9 Å². The number of amides is 1. The summed E-state index contributed by atoms with van der Waals surface area (Å²) in [5, 5.41) is 0. The van der Waals surface area contributed by atoms with Gasteiger partial charge in [-0.15, -0.1) is 0 Å². The molecular weight excluding hydrogens is 387 g/mol. The van der Waals surface area contributed by atoms with Crippen molar-refractivity contribution in [1.82, 2.24) is 9.47 Å². The van der Waals surface area contributed by atoms with Gasteiger partial charge < -0.3 is 9.47 Å². The molecule has 3 aromatic rings. The van der Waals surface area contributed by atoms with E-state index in [0.717, 1.165) is 11.3 Å². The molecule has 0 saturated heterocycles. The molecule has 31 heavy (non-hydrogen) atoms. The first-order chi connectivity index (χ1) is 14.6. The van der Waals surface area contributed by atoms with Gasteiger partial charge >= 0.3 is 0 Å². The molecule has 0 radical (unpaired) electrons. The predicted octanol–water partition coefficient (Wildman–Crippen LogP) is 6.27. The van der Waals surface area contributed by atoms with Crippen LogP contribution in [0, 0.1) is 11.7 Å². The van der Waals surface area contributed by atoms with Crippen molar-refractivity contribution in [2.45, 2.75) is 53.1 Å². The molecule has 0 aliphatic heterocycles. The number of halogens is 1. The molecular formula is C27H33FN2O. The molecule has 1 heterocycles. The summed E-state index contributed by atoms with van der Waals surface area (Å²) in [4.78, 5) is 15.3. The van der Waals surface area contributed by atoms with Gasteiger partial charge in [0.25, 0.3) is 5.91 Å². The van der Waals surface area contributed by atoms with E-state index >= 15 is 0 Å². The van der Waals surface area contributed by atoms with Gasteiger partial charge in [-0.05, 0) is 58.9 Å². The van der Waals surface area contributed by atoms with Gasteiger partial charge in [0.2, 0.25) is 0 Å². The quantitative estimate of drug-likeness (QED) is 0.442. The maximum absolute atomic E-state index is 13.6. The number of nitrogens with zero attached hydrogens (tertiary/aromatic N) is 2. The summed E-state index contributed by atoms with van der Waals surface area (Å²) < 4.78 is 15.7. The normalized spacial score (nSPS) is 11.7. The summed E-state index contributed by atoms with van der Waals surface area (Å²) >= 11 is 0. The minimum absolute atomic E-state index is 0.0349. The van der Waals surface area contributed by atoms with Crippen molar-refractivity contribution >= 4 is 5.91 Å². The SMILES string of the molecule is CC(C)CN(Cc1cccn1Cc1cccc(F)c1)C(=O)c1ccc(C(C)(C)C)cc1. The van der Waals surface area contributed by atoms with Gasteiger partial charge in [0, 0.05) is 30.5 Å². The van der Waals surface area contributed by atoms with Crippen LogP contribution in [0.3, 0.4) is 0 Å². The molecule has 0 bridgehead atoms. The van der Waals surface area contributed by atoms with E-state index in [4.69, 9.17) is 0 Å². The van der Waals surface area contributed by atoms with E-state index in [1.54, 1.807) is 12.1 Å². The van der Waals surface area contributed by atoms with E-state index in [1.165, 1.54) is 11.6 Å². The van der Waals surface area contributed by atoms with E-state index in [-0.39, 0.29) is 17.1 Å². The minimum Gasteiger partial charge on any atom is -0.345 e.